The zero-order valence-electron chi connectivity index (χ0n) is 15.2. The van der Waals surface area contributed by atoms with Gasteiger partial charge in [0, 0.05) is 32.1 Å². The third-order valence-electron chi connectivity index (χ3n) is 5.28. The van der Waals surface area contributed by atoms with Crippen LogP contribution in [-0.4, -0.2) is 69.1 Å². The van der Waals surface area contributed by atoms with Gasteiger partial charge in [-0.15, -0.1) is 0 Å². The summed E-state index contributed by atoms with van der Waals surface area (Å²) in [7, 11) is -1.18. The topological polar surface area (TPSA) is 69.7 Å². The van der Waals surface area contributed by atoms with Crippen LogP contribution in [0, 0.1) is 11.8 Å². The van der Waals surface area contributed by atoms with Gasteiger partial charge in [-0.3, -0.25) is 4.79 Å². The molecule has 1 atom stereocenters. The summed E-state index contributed by atoms with van der Waals surface area (Å²) in [5.41, 5.74) is 0. The molecule has 1 unspecified atom stereocenters. The maximum Gasteiger partial charge on any atom is 0.225 e. The number of carbonyl (C=O) groups excluding carboxylic acids is 1. The Hall–Kier alpha value is -0.660. The number of amides is 1. The molecule has 2 fully saturated rings. The van der Waals surface area contributed by atoms with Gasteiger partial charge >= 0.3 is 0 Å². The minimum atomic E-state index is -3.14. The Labute approximate surface area is 147 Å². The molecule has 0 bridgehead atoms. The Morgan fingerprint density at radius 1 is 1.17 bits per heavy atom. The summed E-state index contributed by atoms with van der Waals surface area (Å²) in [6, 6.07) is 0. The molecule has 0 radical (unpaired) electrons. The predicted octanol–water partition coefficient (Wildman–Crippen LogP) is 1.29. The number of rotatable bonds is 7. The summed E-state index contributed by atoms with van der Waals surface area (Å²) in [5, 5.41) is 3.20. The van der Waals surface area contributed by atoms with E-state index in [1.165, 1.54) is 6.42 Å². The highest BCUT2D eigenvalue weighted by atomic mass is 32.2. The van der Waals surface area contributed by atoms with E-state index in [0.717, 1.165) is 32.5 Å². The molecular weight excluding hydrogens is 326 g/mol. The lowest BCUT2D eigenvalue weighted by atomic mass is 9.93. The van der Waals surface area contributed by atoms with E-state index in [1.807, 2.05) is 18.9 Å². The average Bonchev–Trinajstić information content (AvgIpc) is 2.60. The zero-order valence-corrected chi connectivity index (χ0v) is 16.0. The Morgan fingerprint density at radius 3 is 2.50 bits per heavy atom. The monoisotopic (exact) mass is 359 g/mol. The molecule has 0 aliphatic carbocycles. The van der Waals surface area contributed by atoms with Crippen molar-refractivity contribution in [1.29, 1.82) is 0 Å². The lowest BCUT2D eigenvalue weighted by molar-refractivity contribution is -0.138. The van der Waals surface area contributed by atoms with Crippen LogP contribution >= 0.6 is 0 Å². The number of carbonyl (C=O) groups is 1. The first kappa shape index (κ1) is 19.7. The lowest BCUT2D eigenvalue weighted by Gasteiger charge is -2.37. The number of nitrogens with one attached hydrogen (secondary N) is 1. The molecule has 0 aromatic rings. The van der Waals surface area contributed by atoms with Crippen LogP contribution in [0.2, 0.25) is 0 Å². The molecule has 2 rings (SSSR count). The molecule has 0 spiro atoms. The highest BCUT2D eigenvalue weighted by Gasteiger charge is 2.34. The smallest absolute Gasteiger partial charge is 0.225 e. The van der Waals surface area contributed by atoms with Gasteiger partial charge in [0.15, 0.2) is 0 Å². The van der Waals surface area contributed by atoms with Crippen LogP contribution in [0.25, 0.3) is 0 Å². The van der Waals surface area contributed by atoms with Crippen molar-refractivity contribution in [2.45, 2.75) is 45.4 Å². The van der Waals surface area contributed by atoms with Crippen LogP contribution < -0.4 is 5.32 Å². The molecule has 0 aromatic heterocycles. The van der Waals surface area contributed by atoms with Crippen LogP contribution in [-0.2, 0) is 14.8 Å². The van der Waals surface area contributed by atoms with Crippen molar-refractivity contribution >= 4 is 15.9 Å². The summed E-state index contributed by atoms with van der Waals surface area (Å²) in [6.07, 6.45) is 5.18. The van der Waals surface area contributed by atoms with Crippen LogP contribution in [0.4, 0.5) is 0 Å². The van der Waals surface area contributed by atoms with E-state index in [-0.39, 0.29) is 17.6 Å². The van der Waals surface area contributed by atoms with E-state index in [4.69, 9.17) is 0 Å². The van der Waals surface area contributed by atoms with Gasteiger partial charge in [0.1, 0.15) is 0 Å². The highest BCUT2D eigenvalue weighted by Crippen LogP contribution is 2.25. The average molecular weight is 360 g/mol. The van der Waals surface area contributed by atoms with Crippen LogP contribution in [0.1, 0.15) is 45.4 Å². The summed E-state index contributed by atoms with van der Waals surface area (Å²) < 4.78 is 26.1. The van der Waals surface area contributed by atoms with Crippen LogP contribution in [0.15, 0.2) is 0 Å². The highest BCUT2D eigenvalue weighted by molar-refractivity contribution is 7.89. The second kappa shape index (κ2) is 9.15. The van der Waals surface area contributed by atoms with E-state index < -0.39 is 10.0 Å². The molecule has 6 nitrogen and oxygen atoms in total. The second-order valence-corrected chi connectivity index (χ2v) is 9.28. The first-order valence-electron chi connectivity index (χ1n) is 9.39. The van der Waals surface area contributed by atoms with Crippen molar-refractivity contribution in [1.82, 2.24) is 14.5 Å². The minimum Gasteiger partial charge on any atom is -0.342 e. The van der Waals surface area contributed by atoms with Crippen LogP contribution in [0.5, 0.6) is 0 Å². The van der Waals surface area contributed by atoms with Crippen molar-refractivity contribution in [3.05, 3.63) is 0 Å². The van der Waals surface area contributed by atoms with E-state index in [9.17, 15) is 13.2 Å². The summed E-state index contributed by atoms with van der Waals surface area (Å²) in [6.45, 7) is 5.65. The van der Waals surface area contributed by atoms with Crippen molar-refractivity contribution in [2.75, 3.05) is 45.5 Å². The van der Waals surface area contributed by atoms with E-state index in [0.29, 0.717) is 38.3 Å². The SMILES string of the molecule is CCCCS(=O)(=O)N1CCC(C(=O)N2CCCC(CNC)C2)CC1. The van der Waals surface area contributed by atoms with Gasteiger partial charge < -0.3 is 10.2 Å². The molecule has 0 aromatic carbocycles. The molecule has 1 amide bonds. The Bertz CT molecular complexity index is 499. The Kier molecular flexibility index (Phi) is 7.50. The summed E-state index contributed by atoms with van der Waals surface area (Å²) in [4.78, 5) is 14.8. The van der Waals surface area contributed by atoms with E-state index in [1.54, 1.807) is 4.31 Å². The van der Waals surface area contributed by atoms with Gasteiger partial charge in [-0.05, 0) is 51.6 Å². The first-order chi connectivity index (χ1) is 11.5. The van der Waals surface area contributed by atoms with E-state index in [2.05, 4.69) is 5.32 Å². The van der Waals surface area contributed by atoms with Crippen LogP contribution in [0.3, 0.4) is 0 Å². The molecule has 24 heavy (non-hydrogen) atoms. The molecular formula is C17H33N3O3S. The fourth-order valence-electron chi connectivity index (χ4n) is 3.82. The molecule has 0 saturated carbocycles. The number of hydrogen-bond donors (Lipinski definition) is 1. The maximum atomic E-state index is 12.8. The quantitative estimate of drug-likeness (QED) is 0.744. The van der Waals surface area contributed by atoms with Gasteiger partial charge in [-0.1, -0.05) is 13.3 Å². The van der Waals surface area contributed by atoms with Gasteiger partial charge in [-0.2, -0.15) is 0 Å². The largest absolute Gasteiger partial charge is 0.342 e. The zero-order chi connectivity index (χ0) is 17.6. The number of hydrogen-bond acceptors (Lipinski definition) is 4. The standard InChI is InChI=1S/C17H33N3O3S/c1-3-4-12-24(22,23)20-10-7-16(8-11-20)17(21)19-9-5-6-15(14-19)13-18-2/h15-16,18H,3-14H2,1-2H3. The summed E-state index contributed by atoms with van der Waals surface area (Å²) in [5.74, 6) is 1.01. The second-order valence-electron chi connectivity index (χ2n) is 7.19. The molecule has 7 heteroatoms. The predicted molar refractivity (Wildman–Crippen MR) is 96.2 cm³/mol. The first-order valence-corrected chi connectivity index (χ1v) is 11.0. The Morgan fingerprint density at radius 2 is 1.88 bits per heavy atom. The molecule has 2 aliphatic rings. The number of sulfonamides is 1. The van der Waals surface area contributed by atoms with Crippen molar-refractivity contribution in [2.24, 2.45) is 11.8 Å². The molecule has 1 N–H and O–H groups in total. The fourth-order valence-corrected chi connectivity index (χ4v) is 5.49. The number of likely N-dealkylation sites (tertiary alicyclic amines) is 1. The third kappa shape index (κ3) is 5.17. The molecule has 2 aliphatic heterocycles. The fraction of sp³-hybridized carbons (Fsp3) is 0.941. The molecule has 2 saturated heterocycles. The van der Waals surface area contributed by atoms with Gasteiger partial charge in [0.2, 0.25) is 15.9 Å². The minimum absolute atomic E-state index is 0.00374. The van der Waals surface area contributed by atoms with Crippen molar-refractivity contribution in [3.63, 3.8) is 0 Å². The van der Waals surface area contributed by atoms with E-state index >= 15 is 0 Å². The van der Waals surface area contributed by atoms with Crippen molar-refractivity contribution < 1.29 is 13.2 Å². The van der Waals surface area contributed by atoms with Gasteiger partial charge in [0.25, 0.3) is 0 Å². The lowest BCUT2D eigenvalue weighted by Crippen LogP contribution is -2.48. The number of unbranched alkanes of at least 4 members (excludes halogenated alkanes) is 1. The molecule has 140 valence electrons. The van der Waals surface area contributed by atoms with Gasteiger partial charge in [0.05, 0.1) is 5.75 Å². The van der Waals surface area contributed by atoms with Gasteiger partial charge in [-0.25, -0.2) is 12.7 Å². The molecule has 2 heterocycles. The normalized spacial score (nSPS) is 24.2. The number of piperidine rings is 2. The summed E-state index contributed by atoms with van der Waals surface area (Å²) >= 11 is 0. The number of nitrogens with zero attached hydrogens (tertiary/aromatic N) is 2. The third-order valence-corrected chi connectivity index (χ3v) is 7.23. The maximum absolute atomic E-state index is 12.8. The Balaban J connectivity index is 1.84. The van der Waals surface area contributed by atoms with Crippen molar-refractivity contribution in [3.8, 4) is 0 Å².